The van der Waals surface area contributed by atoms with Crippen LogP contribution in [0.5, 0.6) is 0 Å². The van der Waals surface area contributed by atoms with Crippen molar-refractivity contribution in [3.05, 3.63) is 30.5 Å². The van der Waals surface area contributed by atoms with E-state index in [-0.39, 0.29) is 12.1 Å². The second kappa shape index (κ2) is 4.97. The number of amides is 2. The molecular weight excluding hydrogens is 296 g/mol. The van der Waals surface area contributed by atoms with Crippen LogP contribution < -0.4 is 10.2 Å². The lowest BCUT2D eigenvalue weighted by atomic mass is 10.2. The number of fused-ring (bicyclic) bond motifs is 3. The molecule has 3 aromatic rings. The van der Waals surface area contributed by atoms with Gasteiger partial charge in [-0.1, -0.05) is 17.3 Å². The normalized spacial score (nSPS) is 17.6. The van der Waals surface area contributed by atoms with Crippen molar-refractivity contribution in [2.75, 3.05) is 11.4 Å². The summed E-state index contributed by atoms with van der Waals surface area (Å²) in [5, 5.41) is 4.50. The molecule has 0 radical (unpaired) electrons. The van der Waals surface area contributed by atoms with E-state index in [2.05, 4.69) is 27.1 Å². The predicted octanol–water partition coefficient (Wildman–Crippen LogP) is 2.77. The van der Waals surface area contributed by atoms with Gasteiger partial charge in [0.05, 0.1) is 22.3 Å². The molecule has 4 rings (SSSR count). The van der Waals surface area contributed by atoms with E-state index in [9.17, 15) is 4.79 Å². The van der Waals surface area contributed by atoms with Crippen molar-refractivity contribution < 1.29 is 4.79 Å². The summed E-state index contributed by atoms with van der Waals surface area (Å²) in [4.78, 5) is 22.8. The minimum atomic E-state index is -0.164. The fourth-order valence-electron chi connectivity index (χ4n) is 2.64. The molecular formula is C16H12N4OS. The van der Waals surface area contributed by atoms with Gasteiger partial charge in [-0.25, -0.2) is 9.78 Å². The average molecular weight is 308 g/mol. The maximum Gasteiger partial charge on any atom is 0.324 e. The Morgan fingerprint density at radius 3 is 3.18 bits per heavy atom. The van der Waals surface area contributed by atoms with Gasteiger partial charge in [0.2, 0.25) is 0 Å². The van der Waals surface area contributed by atoms with Gasteiger partial charge >= 0.3 is 6.03 Å². The van der Waals surface area contributed by atoms with E-state index in [0.717, 1.165) is 21.1 Å². The van der Waals surface area contributed by atoms with Gasteiger partial charge in [-0.2, -0.15) is 0 Å². The van der Waals surface area contributed by atoms with E-state index in [1.807, 2.05) is 24.3 Å². The molecule has 22 heavy (non-hydrogen) atoms. The maximum atomic E-state index is 12.1. The fourth-order valence-corrected chi connectivity index (χ4v) is 3.67. The third kappa shape index (κ3) is 1.90. The van der Waals surface area contributed by atoms with Gasteiger partial charge in [0.25, 0.3) is 0 Å². The topological polar surface area (TPSA) is 58.1 Å². The Hall–Kier alpha value is -2.65. The second-order valence-corrected chi connectivity index (χ2v) is 5.95. The summed E-state index contributed by atoms with van der Waals surface area (Å²) in [5.74, 6) is 5.93. The standard InChI is InChI=1S/C16H12N4OS/c1-2-4-10-9-18-15(21)20(10)16-19-14-11-5-3-8-17-12(11)6-7-13(14)22-16/h3,5-8,10H,9H2,1H3,(H,18,21). The van der Waals surface area contributed by atoms with Crippen LogP contribution in [0.4, 0.5) is 9.93 Å². The number of urea groups is 1. The largest absolute Gasteiger partial charge is 0.334 e. The molecule has 1 aliphatic rings. The number of pyridine rings is 1. The van der Waals surface area contributed by atoms with Crippen molar-refractivity contribution in [3.63, 3.8) is 0 Å². The Bertz CT molecular complexity index is 953. The lowest BCUT2D eigenvalue weighted by molar-refractivity contribution is 0.252. The monoisotopic (exact) mass is 308 g/mol. The molecule has 1 fully saturated rings. The number of anilines is 1. The Labute approximate surface area is 131 Å². The number of aromatic nitrogens is 2. The molecule has 1 aliphatic heterocycles. The lowest BCUT2D eigenvalue weighted by Gasteiger charge is -2.14. The van der Waals surface area contributed by atoms with Crippen LogP contribution in [0.1, 0.15) is 6.92 Å². The van der Waals surface area contributed by atoms with Crippen LogP contribution in [-0.4, -0.2) is 28.6 Å². The van der Waals surface area contributed by atoms with Gasteiger partial charge in [0, 0.05) is 11.6 Å². The number of hydrogen-bond acceptors (Lipinski definition) is 4. The van der Waals surface area contributed by atoms with E-state index in [1.165, 1.54) is 11.3 Å². The van der Waals surface area contributed by atoms with Crippen LogP contribution in [0.3, 0.4) is 0 Å². The van der Waals surface area contributed by atoms with Crippen LogP contribution in [-0.2, 0) is 0 Å². The molecule has 0 aliphatic carbocycles. The zero-order valence-electron chi connectivity index (χ0n) is 11.8. The molecule has 3 heterocycles. The minimum Gasteiger partial charge on any atom is -0.334 e. The molecule has 0 spiro atoms. The molecule has 1 aromatic carbocycles. The molecule has 1 N–H and O–H groups in total. The summed E-state index contributed by atoms with van der Waals surface area (Å²) < 4.78 is 1.04. The highest BCUT2D eigenvalue weighted by Gasteiger charge is 2.33. The zero-order chi connectivity index (χ0) is 15.1. The molecule has 1 unspecified atom stereocenters. The van der Waals surface area contributed by atoms with Crippen LogP contribution in [0.15, 0.2) is 30.5 Å². The smallest absolute Gasteiger partial charge is 0.324 e. The summed E-state index contributed by atoms with van der Waals surface area (Å²) in [6.07, 6.45) is 1.77. The van der Waals surface area contributed by atoms with E-state index in [1.54, 1.807) is 18.0 Å². The minimum absolute atomic E-state index is 0.144. The Balaban J connectivity index is 1.90. The quantitative estimate of drug-likeness (QED) is 0.703. The number of nitrogens with zero attached hydrogens (tertiary/aromatic N) is 3. The molecule has 108 valence electrons. The first-order valence-electron chi connectivity index (χ1n) is 6.91. The van der Waals surface area contributed by atoms with Crippen LogP contribution in [0.25, 0.3) is 21.1 Å². The first-order valence-corrected chi connectivity index (χ1v) is 7.73. The Kier molecular flexibility index (Phi) is 2.94. The van der Waals surface area contributed by atoms with Crippen molar-refractivity contribution in [2.24, 2.45) is 0 Å². The van der Waals surface area contributed by atoms with Crippen molar-refractivity contribution >= 4 is 43.6 Å². The number of carbonyl (C=O) groups is 1. The second-order valence-electron chi connectivity index (χ2n) is 4.95. The number of hydrogen-bond donors (Lipinski definition) is 1. The highest BCUT2D eigenvalue weighted by molar-refractivity contribution is 7.22. The first kappa shape index (κ1) is 13.0. The van der Waals surface area contributed by atoms with Crippen LogP contribution in [0, 0.1) is 11.8 Å². The molecule has 2 amide bonds. The number of thiazole rings is 1. The van der Waals surface area contributed by atoms with Crippen molar-refractivity contribution in [1.29, 1.82) is 0 Å². The number of benzene rings is 1. The summed E-state index contributed by atoms with van der Waals surface area (Å²) in [5.41, 5.74) is 1.79. The summed E-state index contributed by atoms with van der Waals surface area (Å²) in [6, 6.07) is 7.57. The molecule has 1 atom stereocenters. The zero-order valence-corrected chi connectivity index (χ0v) is 12.6. The van der Waals surface area contributed by atoms with Gasteiger partial charge in [-0.05, 0) is 31.2 Å². The van der Waals surface area contributed by atoms with Gasteiger partial charge in [-0.15, -0.1) is 5.92 Å². The Morgan fingerprint density at radius 2 is 2.32 bits per heavy atom. The molecule has 5 nitrogen and oxygen atoms in total. The molecule has 0 saturated carbocycles. The summed E-state index contributed by atoms with van der Waals surface area (Å²) in [6.45, 7) is 2.30. The van der Waals surface area contributed by atoms with Crippen molar-refractivity contribution in [2.45, 2.75) is 13.0 Å². The third-order valence-electron chi connectivity index (χ3n) is 3.62. The Morgan fingerprint density at radius 1 is 1.41 bits per heavy atom. The number of nitrogens with one attached hydrogen (secondary N) is 1. The molecule has 2 aromatic heterocycles. The SMILES string of the molecule is CC#CC1CNC(=O)N1c1nc2c(ccc3ncccc32)s1. The highest BCUT2D eigenvalue weighted by Crippen LogP contribution is 2.34. The highest BCUT2D eigenvalue weighted by atomic mass is 32.1. The van der Waals surface area contributed by atoms with Gasteiger partial charge in [0.1, 0.15) is 6.04 Å². The lowest BCUT2D eigenvalue weighted by Crippen LogP contribution is -2.33. The fraction of sp³-hybridized carbons (Fsp3) is 0.188. The molecule has 0 bridgehead atoms. The van der Waals surface area contributed by atoms with Crippen LogP contribution >= 0.6 is 11.3 Å². The predicted molar refractivity (Wildman–Crippen MR) is 88.0 cm³/mol. The van der Waals surface area contributed by atoms with Gasteiger partial charge in [0.15, 0.2) is 5.13 Å². The third-order valence-corrected chi connectivity index (χ3v) is 4.64. The number of rotatable bonds is 1. The van der Waals surface area contributed by atoms with Crippen molar-refractivity contribution in [1.82, 2.24) is 15.3 Å². The first-order chi connectivity index (χ1) is 10.8. The van der Waals surface area contributed by atoms with E-state index in [4.69, 9.17) is 0 Å². The molecule has 6 heteroatoms. The average Bonchev–Trinajstić information content (AvgIpc) is 3.11. The number of carbonyl (C=O) groups excluding carboxylic acids is 1. The summed E-state index contributed by atoms with van der Waals surface area (Å²) >= 11 is 1.50. The van der Waals surface area contributed by atoms with Crippen molar-refractivity contribution in [3.8, 4) is 11.8 Å². The summed E-state index contributed by atoms with van der Waals surface area (Å²) in [7, 11) is 0. The van der Waals surface area contributed by atoms with E-state index < -0.39 is 0 Å². The maximum absolute atomic E-state index is 12.1. The van der Waals surface area contributed by atoms with Crippen LogP contribution in [0.2, 0.25) is 0 Å². The van der Waals surface area contributed by atoms with E-state index >= 15 is 0 Å². The van der Waals surface area contributed by atoms with E-state index in [0.29, 0.717) is 11.7 Å². The van der Waals surface area contributed by atoms with Gasteiger partial charge in [-0.3, -0.25) is 9.88 Å². The van der Waals surface area contributed by atoms with Gasteiger partial charge < -0.3 is 5.32 Å². The molecule has 1 saturated heterocycles.